The monoisotopic (exact) mass is 432 g/mol. The molecule has 4 aromatic rings. The molecule has 1 aliphatic rings. The predicted molar refractivity (Wildman–Crippen MR) is 129 cm³/mol. The molecule has 0 aliphatic carbocycles. The first-order valence-corrected chi connectivity index (χ1v) is 13.0. The van der Waals surface area contributed by atoms with E-state index in [0.29, 0.717) is 11.8 Å². The Morgan fingerprint density at radius 3 is 2.77 bits per heavy atom. The molecule has 1 aliphatic heterocycles. The lowest BCUT2D eigenvalue weighted by atomic mass is 10.0. The molecule has 0 spiro atoms. The Labute approximate surface area is 181 Å². The van der Waals surface area contributed by atoms with Crippen molar-refractivity contribution >= 4 is 52.3 Å². The molecule has 2 aromatic carbocycles. The van der Waals surface area contributed by atoms with Crippen LogP contribution in [0, 0.1) is 0 Å². The number of aromatic amines is 1. The number of hydrogen-bond donors (Lipinski definition) is 4. The van der Waals surface area contributed by atoms with Crippen LogP contribution in [-0.4, -0.2) is 34.8 Å². The van der Waals surface area contributed by atoms with Gasteiger partial charge in [-0.25, -0.2) is 0 Å². The Morgan fingerprint density at radius 2 is 1.90 bits per heavy atom. The standard InChI is InChI=1S/C23H25N6OP/c1-31(2,30)20-8-4-3-7-18(20)27-22-17-11-13-25-21(17)28-23(29-22)26-16-10-9-15-6-5-12-24-19(15)14-16/h3-4,7-11,13-14,24H,5-6,12H2,1-2H3,(H3,25,26,27,28,29). The molecule has 0 saturated heterocycles. The Hall–Kier alpha value is -3.31. The summed E-state index contributed by atoms with van der Waals surface area (Å²) in [4.78, 5) is 12.5. The van der Waals surface area contributed by atoms with Gasteiger partial charge in [-0.15, -0.1) is 0 Å². The summed E-state index contributed by atoms with van der Waals surface area (Å²) in [5.41, 5.74) is 4.94. The summed E-state index contributed by atoms with van der Waals surface area (Å²) in [6.07, 6.45) is 4.10. The molecule has 2 aromatic heterocycles. The van der Waals surface area contributed by atoms with E-state index < -0.39 is 7.14 Å². The van der Waals surface area contributed by atoms with Crippen LogP contribution < -0.4 is 21.3 Å². The van der Waals surface area contributed by atoms with Crippen molar-refractivity contribution in [1.82, 2.24) is 15.0 Å². The second kappa shape index (κ2) is 7.75. The molecule has 5 rings (SSSR count). The van der Waals surface area contributed by atoms with Gasteiger partial charge in [-0.05, 0) is 62.1 Å². The van der Waals surface area contributed by atoms with Crippen molar-refractivity contribution in [2.75, 3.05) is 35.8 Å². The van der Waals surface area contributed by atoms with Crippen LogP contribution in [0.15, 0.2) is 54.7 Å². The molecule has 0 amide bonds. The molecular weight excluding hydrogens is 407 g/mol. The van der Waals surface area contributed by atoms with Crippen LogP contribution in [-0.2, 0) is 11.0 Å². The van der Waals surface area contributed by atoms with Gasteiger partial charge in [0.25, 0.3) is 0 Å². The van der Waals surface area contributed by atoms with Gasteiger partial charge in [-0.2, -0.15) is 9.97 Å². The van der Waals surface area contributed by atoms with E-state index in [1.165, 1.54) is 5.56 Å². The smallest absolute Gasteiger partial charge is 0.231 e. The number of fused-ring (bicyclic) bond motifs is 2. The highest BCUT2D eigenvalue weighted by atomic mass is 31.2. The van der Waals surface area contributed by atoms with Crippen molar-refractivity contribution in [2.24, 2.45) is 0 Å². The third-order valence-corrected chi connectivity index (χ3v) is 7.01. The third kappa shape index (κ3) is 4.01. The number of H-pyrrole nitrogens is 1. The fourth-order valence-corrected chi connectivity index (χ4v) is 5.09. The first-order valence-electron chi connectivity index (χ1n) is 10.4. The van der Waals surface area contributed by atoms with Crippen molar-refractivity contribution in [3.8, 4) is 0 Å². The molecule has 158 valence electrons. The summed E-state index contributed by atoms with van der Waals surface area (Å²) in [5, 5.41) is 11.8. The first kappa shape index (κ1) is 19.6. The fraction of sp³-hybridized carbons (Fsp3) is 0.217. The number of anilines is 5. The van der Waals surface area contributed by atoms with E-state index in [4.69, 9.17) is 4.98 Å². The molecule has 0 radical (unpaired) electrons. The van der Waals surface area contributed by atoms with Gasteiger partial charge < -0.3 is 25.5 Å². The number of benzene rings is 2. The summed E-state index contributed by atoms with van der Waals surface area (Å²) >= 11 is 0. The van der Waals surface area contributed by atoms with E-state index in [0.717, 1.165) is 52.8 Å². The van der Waals surface area contributed by atoms with Gasteiger partial charge in [-0.3, -0.25) is 0 Å². The summed E-state index contributed by atoms with van der Waals surface area (Å²) < 4.78 is 12.8. The van der Waals surface area contributed by atoms with E-state index in [1.54, 1.807) is 13.3 Å². The molecule has 4 N–H and O–H groups in total. The number of aromatic nitrogens is 3. The zero-order valence-corrected chi connectivity index (χ0v) is 18.5. The molecule has 0 atom stereocenters. The largest absolute Gasteiger partial charge is 0.385 e. The van der Waals surface area contributed by atoms with Crippen LogP contribution in [0.3, 0.4) is 0 Å². The molecule has 0 unspecified atom stereocenters. The number of aryl methyl sites for hydroxylation is 1. The quantitative estimate of drug-likeness (QED) is 0.330. The van der Waals surface area contributed by atoms with Crippen LogP contribution in [0.5, 0.6) is 0 Å². The van der Waals surface area contributed by atoms with Gasteiger partial charge in [0.05, 0.1) is 11.1 Å². The van der Waals surface area contributed by atoms with E-state index >= 15 is 0 Å². The maximum absolute atomic E-state index is 12.8. The summed E-state index contributed by atoms with van der Waals surface area (Å²) in [5.74, 6) is 1.15. The molecule has 31 heavy (non-hydrogen) atoms. The number of nitrogens with one attached hydrogen (secondary N) is 4. The third-order valence-electron chi connectivity index (χ3n) is 5.46. The van der Waals surface area contributed by atoms with Gasteiger partial charge in [0.1, 0.15) is 18.6 Å². The van der Waals surface area contributed by atoms with Gasteiger partial charge in [0, 0.05) is 29.4 Å². The highest BCUT2D eigenvalue weighted by Crippen LogP contribution is 2.38. The van der Waals surface area contributed by atoms with Gasteiger partial charge in [-0.1, -0.05) is 18.2 Å². The lowest BCUT2D eigenvalue weighted by Crippen LogP contribution is -2.12. The maximum Gasteiger partial charge on any atom is 0.231 e. The van der Waals surface area contributed by atoms with Gasteiger partial charge in [0.15, 0.2) is 0 Å². The number of rotatable bonds is 5. The molecule has 3 heterocycles. The Bertz CT molecular complexity index is 1310. The minimum Gasteiger partial charge on any atom is -0.385 e. The van der Waals surface area contributed by atoms with Crippen molar-refractivity contribution < 1.29 is 4.57 Å². The van der Waals surface area contributed by atoms with E-state index in [1.807, 2.05) is 36.5 Å². The molecule has 7 nitrogen and oxygen atoms in total. The van der Waals surface area contributed by atoms with Crippen LogP contribution >= 0.6 is 7.14 Å². The second-order valence-electron chi connectivity index (χ2n) is 8.16. The van der Waals surface area contributed by atoms with Crippen molar-refractivity contribution in [2.45, 2.75) is 12.8 Å². The number of hydrogen-bond acceptors (Lipinski definition) is 6. The predicted octanol–water partition coefficient (Wildman–Crippen LogP) is 5.05. The molecular formula is C23H25N6OP. The van der Waals surface area contributed by atoms with Crippen molar-refractivity contribution in [3.05, 3.63) is 60.3 Å². The Kier molecular flexibility index (Phi) is 4.91. The zero-order chi connectivity index (χ0) is 21.4. The molecule has 0 saturated carbocycles. The summed E-state index contributed by atoms with van der Waals surface area (Å²) in [6.45, 7) is 4.54. The Balaban J connectivity index is 1.51. The van der Waals surface area contributed by atoms with Crippen molar-refractivity contribution in [3.63, 3.8) is 0 Å². The zero-order valence-electron chi connectivity index (χ0n) is 17.6. The minimum absolute atomic E-state index is 0.488. The fourth-order valence-electron chi connectivity index (χ4n) is 3.94. The van der Waals surface area contributed by atoms with Crippen molar-refractivity contribution in [1.29, 1.82) is 0 Å². The SMILES string of the molecule is CP(C)(=O)c1ccccc1Nc1nc(Nc2ccc3c(c2)NCCC3)nc2[nH]ccc12. The van der Waals surface area contributed by atoms with Crippen LogP contribution in [0.4, 0.5) is 28.8 Å². The van der Waals surface area contributed by atoms with Gasteiger partial charge >= 0.3 is 0 Å². The van der Waals surface area contributed by atoms with E-state index in [9.17, 15) is 4.57 Å². The van der Waals surface area contributed by atoms with E-state index in [-0.39, 0.29) is 0 Å². The number of nitrogens with zero attached hydrogens (tertiary/aromatic N) is 2. The van der Waals surface area contributed by atoms with Crippen LogP contribution in [0.25, 0.3) is 11.0 Å². The van der Waals surface area contributed by atoms with Crippen LogP contribution in [0.2, 0.25) is 0 Å². The normalized spacial score (nSPS) is 13.5. The lowest BCUT2D eigenvalue weighted by molar-refractivity contribution is 0.588. The highest BCUT2D eigenvalue weighted by molar-refractivity contribution is 7.70. The molecule has 0 bridgehead atoms. The summed E-state index contributed by atoms with van der Waals surface area (Å²) in [7, 11) is -2.45. The Morgan fingerprint density at radius 1 is 1.03 bits per heavy atom. The molecule has 0 fully saturated rings. The average molecular weight is 432 g/mol. The summed E-state index contributed by atoms with van der Waals surface area (Å²) in [6, 6.07) is 15.9. The molecule has 8 heteroatoms. The van der Waals surface area contributed by atoms with Gasteiger partial charge in [0.2, 0.25) is 5.95 Å². The average Bonchev–Trinajstić information content (AvgIpc) is 3.22. The maximum atomic E-state index is 12.8. The second-order valence-corrected chi connectivity index (χ2v) is 11.3. The van der Waals surface area contributed by atoms with E-state index in [2.05, 4.69) is 44.1 Å². The lowest BCUT2D eigenvalue weighted by Gasteiger charge is -2.19. The van der Waals surface area contributed by atoms with Crippen LogP contribution in [0.1, 0.15) is 12.0 Å². The minimum atomic E-state index is -2.45. The number of para-hydroxylation sites is 1. The first-order chi connectivity index (χ1) is 15.0. The highest BCUT2D eigenvalue weighted by Gasteiger charge is 2.18. The topological polar surface area (TPSA) is 94.7 Å².